The van der Waals surface area contributed by atoms with Crippen molar-refractivity contribution >= 4 is 32.7 Å². The third-order valence-electron chi connectivity index (χ3n) is 4.16. The average Bonchev–Trinajstić information content (AvgIpc) is 2.63. The molecule has 6 heteroatoms. The van der Waals surface area contributed by atoms with Crippen LogP contribution in [0, 0.1) is 0 Å². The molecule has 0 unspecified atom stereocenters. The third kappa shape index (κ3) is 2.68. The van der Waals surface area contributed by atoms with Crippen molar-refractivity contribution in [2.24, 2.45) is 0 Å². The Kier molecular flexibility index (Phi) is 3.77. The van der Waals surface area contributed by atoms with Gasteiger partial charge in [0.2, 0.25) is 0 Å². The molecular formula is C19H13BrO5. The van der Waals surface area contributed by atoms with Crippen molar-refractivity contribution in [1.82, 2.24) is 0 Å². The second-order valence-electron chi connectivity index (χ2n) is 5.69. The lowest BCUT2D eigenvalue weighted by atomic mass is 9.99. The highest BCUT2D eigenvalue weighted by Crippen LogP contribution is 2.39. The number of phenols is 1. The Balaban J connectivity index is 1.86. The number of aromatic hydroxyl groups is 1. The van der Waals surface area contributed by atoms with E-state index in [4.69, 9.17) is 9.47 Å². The maximum atomic E-state index is 11.3. The smallest absolute Gasteiger partial charge is 0.339 e. The van der Waals surface area contributed by atoms with Crippen molar-refractivity contribution in [3.05, 3.63) is 52.5 Å². The molecule has 0 atom stereocenters. The molecule has 5 nitrogen and oxygen atoms in total. The number of hydrogen-bond acceptors (Lipinski definition) is 4. The van der Waals surface area contributed by atoms with Gasteiger partial charge in [-0.25, -0.2) is 4.79 Å². The van der Waals surface area contributed by atoms with Crippen molar-refractivity contribution in [2.75, 3.05) is 13.2 Å². The van der Waals surface area contributed by atoms with E-state index in [1.54, 1.807) is 0 Å². The Morgan fingerprint density at radius 1 is 0.960 bits per heavy atom. The summed E-state index contributed by atoms with van der Waals surface area (Å²) >= 11 is 3.28. The number of halogens is 1. The summed E-state index contributed by atoms with van der Waals surface area (Å²) in [6.07, 6.45) is 0. The zero-order chi connectivity index (χ0) is 17.6. The molecular weight excluding hydrogens is 388 g/mol. The van der Waals surface area contributed by atoms with E-state index in [-0.39, 0.29) is 11.3 Å². The Morgan fingerprint density at radius 2 is 1.64 bits per heavy atom. The van der Waals surface area contributed by atoms with Crippen LogP contribution in [0.25, 0.3) is 21.9 Å². The van der Waals surface area contributed by atoms with Crippen molar-refractivity contribution in [3.8, 4) is 28.4 Å². The SMILES string of the molecule is O=C(O)c1cc2cc(-c3ccc4c(c3)OCCO4)ccc2c(Br)c1O. The first kappa shape index (κ1) is 15.8. The molecule has 0 amide bonds. The zero-order valence-electron chi connectivity index (χ0n) is 13.0. The van der Waals surface area contributed by atoms with E-state index in [0.29, 0.717) is 23.4 Å². The van der Waals surface area contributed by atoms with Crippen LogP contribution in [0.1, 0.15) is 10.4 Å². The number of rotatable bonds is 2. The molecule has 0 fully saturated rings. The first-order valence-corrected chi connectivity index (χ1v) is 8.42. The minimum Gasteiger partial charge on any atom is -0.506 e. The molecule has 0 radical (unpaired) electrons. The molecule has 4 rings (SSSR count). The van der Waals surface area contributed by atoms with Crippen LogP contribution in [0.5, 0.6) is 17.2 Å². The molecule has 25 heavy (non-hydrogen) atoms. The topological polar surface area (TPSA) is 76.0 Å². The van der Waals surface area contributed by atoms with Gasteiger partial charge in [-0.05, 0) is 62.1 Å². The van der Waals surface area contributed by atoms with E-state index in [2.05, 4.69) is 15.9 Å². The van der Waals surface area contributed by atoms with E-state index in [9.17, 15) is 15.0 Å². The maximum Gasteiger partial charge on any atom is 0.339 e. The van der Waals surface area contributed by atoms with Gasteiger partial charge in [-0.15, -0.1) is 0 Å². The molecule has 0 bridgehead atoms. The summed E-state index contributed by atoms with van der Waals surface area (Å²) in [5.74, 6) is -0.0320. The van der Waals surface area contributed by atoms with Crippen LogP contribution < -0.4 is 9.47 Å². The summed E-state index contributed by atoms with van der Waals surface area (Å²) in [6, 6.07) is 12.8. The van der Waals surface area contributed by atoms with Gasteiger partial charge in [0, 0.05) is 0 Å². The largest absolute Gasteiger partial charge is 0.506 e. The van der Waals surface area contributed by atoms with Gasteiger partial charge in [0.05, 0.1) is 4.47 Å². The molecule has 2 N–H and O–H groups in total. The highest BCUT2D eigenvalue weighted by molar-refractivity contribution is 9.10. The third-order valence-corrected chi connectivity index (χ3v) is 4.96. The predicted molar refractivity (Wildman–Crippen MR) is 96.7 cm³/mol. The molecule has 0 saturated carbocycles. The fourth-order valence-corrected chi connectivity index (χ4v) is 3.49. The second-order valence-corrected chi connectivity index (χ2v) is 6.48. The standard InChI is InChI=1S/C19H13BrO5/c20-17-13-3-1-10(7-12(13)8-14(18(17)21)19(22)23)11-2-4-15-16(9-11)25-6-5-24-15/h1-4,7-9,21H,5-6H2,(H,22,23). The molecule has 3 aromatic carbocycles. The first-order valence-electron chi connectivity index (χ1n) is 7.63. The number of ether oxygens (including phenoxy) is 2. The Hall–Kier alpha value is -2.73. The first-order chi connectivity index (χ1) is 12.0. The van der Waals surface area contributed by atoms with Crippen molar-refractivity contribution in [2.45, 2.75) is 0 Å². The fraction of sp³-hybridized carbons (Fsp3) is 0.105. The molecule has 3 aromatic rings. The van der Waals surface area contributed by atoms with Crippen LogP contribution >= 0.6 is 15.9 Å². The van der Waals surface area contributed by atoms with Crippen molar-refractivity contribution in [3.63, 3.8) is 0 Å². The Morgan fingerprint density at radius 3 is 2.40 bits per heavy atom. The number of fused-ring (bicyclic) bond motifs is 2. The van der Waals surface area contributed by atoms with E-state index >= 15 is 0 Å². The number of carboxylic acid groups (broad SMARTS) is 1. The number of hydrogen-bond donors (Lipinski definition) is 2. The molecule has 0 spiro atoms. The lowest BCUT2D eigenvalue weighted by Crippen LogP contribution is -2.15. The van der Waals surface area contributed by atoms with Crippen LogP contribution in [0.3, 0.4) is 0 Å². The van der Waals surface area contributed by atoms with Crippen LogP contribution in [0.2, 0.25) is 0 Å². The van der Waals surface area contributed by atoms with Gasteiger partial charge in [-0.2, -0.15) is 0 Å². The molecule has 1 heterocycles. The minimum absolute atomic E-state index is 0.140. The van der Waals surface area contributed by atoms with E-state index < -0.39 is 5.97 Å². The van der Waals surface area contributed by atoms with E-state index in [0.717, 1.165) is 27.6 Å². The lowest BCUT2D eigenvalue weighted by molar-refractivity contribution is 0.0694. The number of aromatic carboxylic acids is 1. The summed E-state index contributed by atoms with van der Waals surface area (Å²) in [6.45, 7) is 1.06. The monoisotopic (exact) mass is 400 g/mol. The highest BCUT2D eigenvalue weighted by atomic mass is 79.9. The molecule has 0 aliphatic carbocycles. The van der Waals surface area contributed by atoms with Gasteiger partial charge < -0.3 is 19.7 Å². The number of carboxylic acids is 1. The van der Waals surface area contributed by atoms with Gasteiger partial charge in [-0.3, -0.25) is 0 Å². The van der Waals surface area contributed by atoms with E-state index in [1.807, 2.05) is 36.4 Å². The van der Waals surface area contributed by atoms with E-state index in [1.165, 1.54) is 6.07 Å². The van der Waals surface area contributed by atoms with Crippen LogP contribution in [0.15, 0.2) is 46.9 Å². The van der Waals surface area contributed by atoms with Gasteiger partial charge in [0.1, 0.15) is 24.5 Å². The molecule has 1 aliphatic heterocycles. The van der Waals surface area contributed by atoms with Crippen molar-refractivity contribution < 1.29 is 24.5 Å². The van der Waals surface area contributed by atoms with Gasteiger partial charge in [-0.1, -0.05) is 18.2 Å². The number of carbonyl (C=O) groups is 1. The number of benzene rings is 3. The van der Waals surface area contributed by atoms with Crippen LogP contribution in [0.4, 0.5) is 0 Å². The zero-order valence-corrected chi connectivity index (χ0v) is 14.5. The van der Waals surface area contributed by atoms with Gasteiger partial charge in [0.25, 0.3) is 0 Å². The minimum atomic E-state index is -1.18. The average molecular weight is 401 g/mol. The Labute approximate surface area is 151 Å². The fourth-order valence-electron chi connectivity index (χ4n) is 2.92. The Bertz CT molecular complexity index is 1010. The van der Waals surface area contributed by atoms with Crippen LogP contribution in [-0.4, -0.2) is 29.4 Å². The summed E-state index contributed by atoms with van der Waals surface area (Å²) in [7, 11) is 0. The van der Waals surface area contributed by atoms with Gasteiger partial charge >= 0.3 is 5.97 Å². The molecule has 0 aromatic heterocycles. The quantitative estimate of drug-likeness (QED) is 0.664. The normalized spacial score (nSPS) is 13.0. The highest BCUT2D eigenvalue weighted by Gasteiger charge is 2.17. The van der Waals surface area contributed by atoms with Crippen molar-refractivity contribution in [1.29, 1.82) is 0 Å². The summed E-state index contributed by atoms with van der Waals surface area (Å²) < 4.78 is 11.5. The second kappa shape index (κ2) is 5.97. The summed E-state index contributed by atoms with van der Waals surface area (Å²) in [5.41, 5.74) is 1.71. The lowest BCUT2D eigenvalue weighted by Gasteiger charge is -2.19. The predicted octanol–water partition coefficient (Wildman–Crippen LogP) is 4.44. The molecule has 126 valence electrons. The summed E-state index contributed by atoms with van der Waals surface area (Å²) in [4.78, 5) is 11.3. The molecule has 0 saturated heterocycles. The maximum absolute atomic E-state index is 11.3. The van der Waals surface area contributed by atoms with Crippen LogP contribution in [-0.2, 0) is 0 Å². The molecule has 1 aliphatic rings. The van der Waals surface area contributed by atoms with Gasteiger partial charge in [0.15, 0.2) is 11.5 Å². The summed E-state index contributed by atoms with van der Waals surface area (Å²) in [5, 5.41) is 20.7.